The Morgan fingerprint density at radius 3 is 2.47 bits per heavy atom. The number of methoxy groups -OCH3 is 1. The maximum Gasteiger partial charge on any atom is 0.410 e. The number of hydrogen-bond acceptors (Lipinski definition) is 9. The summed E-state index contributed by atoms with van der Waals surface area (Å²) in [6.45, 7) is 7.03. The molecule has 3 heterocycles. The van der Waals surface area contributed by atoms with Crippen LogP contribution in [0.1, 0.15) is 38.3 Å². The van der Waals surface area contributed by atoms with Crippen LogP contribution in [0.2, 0.25) is 0 Å². The predicted molar refractivity (Wildman–Crippen MR) is 177 cm³/mol. The highest BCUT2D eigenvalue weighted by Crippen LogP contribution is 2.37. The average Bonchev–Trinajstić information content (AvgIpc) is 3.67. The SMILES string of the molecule is COc1ccc(Cn2nc(N[C@@H]3CCN(C(=O)OC(C)(C)C)C3)c3c(Oc4ccc(Oc5ccccc5)cc4C#N)ccnc32)cc1. The molecule has 1 aliphatic heterocycles. The second-order valence-electron chi connectivity index (χ2n) is 12.2. The Balaban J connectivity index is 1.31. The first-order chi connectivity index (χ1) is 22.7. The summed E-state index contributed by atoms with van der Waals surface area (Å²) >= 11 is 0. The van der Waals surface area contributed by atoms with E-state index in [0.29, 0.717) is 71.5 Å². The number of nitrogens with one attached hydrogen (secondary N) is 1. The molecular weight excluding hydrogens is 596 g/mol. The zero-order chi connectivity index (χ0) is 33.0. The standard InChI is InChI=1S/C36H36N6O5/c1-36(2,3)47-35(43)41-19-17-26(23-41)39-33-32-31(16-18-38-34(32)42(40-33)22-24-10-12-27(44-4)13-11-24)46-30-15-14-29(20-25(30)21-37)45-28-8-6-5-7-9-28/h5-16,18,20,26H,17,19,22-23H2,1-4H3,(H,39,40)/t26-/m1/s1. The van der Waals surface area contributed by atoms with E-state index in [9.17, 15) is 10.1 Å². The molecule has 0 unspecified atom stereocenters. The molecule has 0 saturated carbocycles. The maximum absolute atomic E-state index is 12.8. The second kappa shape index (κ2) is 13.3. The molecule has 11 heteroatoms. The number of nitrogens with zero attached hydrogens (tertiary/aromatic N) is 5. The molecule has 0 aliphatic carbocycles. The van der Waals surface area contributed by atoms with Crippen molar-refractivity contribution in [1.29, 1.82) is 5.26 Å². The number of para-hydroxylation sites is 1. The number of carbonyl (C=O) groups excluding carboxylic acids is 1. The van der Waals surface area contributed by atoms with E-state index in [2.05, 4.69) is 16.4 Å². The topological polar surface area (TPSA) is 124 Å². The van der Waals surface area contributed by atoms with Crippen LogP contribution in [0.5, 0.6) is 28.7 Å². The maximum atomic E-state index is 12.8. The molecule has 1 amide bonds. The van der Waals surface area contributed by atoms with E-state index in [0.717, 1.165) is 11.3 Å². The first kappa shape index (κ1) is 31.2. The molecule has 1 atom stereocenters. The number of likely N-dealkylation sites (tertiary alicyclic amines) is 1. The Bertz CT molecular complexity index is 1910. The molecule has 1 fully saturated rings. The van der Waals surface area contributed by atoms with Crippen LogP contribution >= 0.6 is 0 Å². The normalized spacial score (nSPS) is 14.4. The molecule has 5 aromatic rings. The summed E-state index contributed by atoms with van der Waals surface area (Å²) in [6.07, 6.45) is 2.03. The Morgan fingerprint density at radius 1 is 0.979 bits per heavy atom. The monoisotopic (exact) mass is 632 g/mol. The number of ether oxygens (including phenoxy) is 4. The molecule has 240 valence electrons. The van der Waals surface area contributed by atoms with Gasteiger partial charge in [0.15, 0.2) is 11.5 Å². The van der Waals surface area contributed by atoms with Gasteiger partial charge < -0.3 is 29.2 Å². The molecule has 0 bridgehead atoms. The summed E-state index contributed by atoms with van der Waals surface area (Å²) in [5.41, 5.74) is 1.34. The zero-order valence-electron chi connectivity index (χ0n) is 26.8. The van der Waals surface area contributed by atoms with Crippen molar-refractivity contribution in [3.8, 4) is 34.8 Å². The van der Waals surface area contributed by atoms with Gasteiger partial charge in [-0.3, -0.25) is 0 Å². The van der Waals surface area contributed by atoms with Gasteiger partial charge in [0.25, 0.3) is 0 Å². The Kier molecular flexibility index (Phi) is 8.84. The largest absolute Gasteiger partial charge is 0.497 e. The number of pyridine rings is 1. The molecule has 47 heavy (non-hydrogen) atoms. The van der Waals surface area contributed by atoms with Crippen LogP contribution in [0.3, 0.4) is 0 Å². The van der Waals surface area contributed by atoms with E-state index >= 15 is 0 Å². The number of nitriles is 1. The first-order valence-electron chi connectivity index (χ1n) is 15.4. The lowest BCUT2D eigenvalue weighted by Gasteiger charge is -2.24. The predicted octanol–water partition coefficient (Wildman–Crippen LogP) is 7.37. The van der Waals surface area contributed by atoms with Gasteiger partial charge in [-0.05, 0) is 69.2 Å². The van der Waals surface area contributed by atoms with Crippen molar-refractivity contribution in [2.24, 2.45) is 0 Å². The lowest BCUT2D eigenvalue weighted by Crippen LogP contribution is -2.36. The highest BCUT2D eigenvalue weighted by Gasteiger charge is 2.31. The Morgan fingerprint density at radius 2 is 1.74 bits per heavy atom. The molecule has 2 aromatic heterocycles. The van der Waals surface area contributed by atoms with Gasteiger partial charge in [0.05, 0.1) is 19.2 Å². The van der Waals surface area contributed by atoms with Crippen LogP contribution in [0.4, 0.5) is 10.6 Å². The van der Waals surface area contributed by atoms with E-state index in [1.807, 2.05) is 80.1 Å². The van der Waals surface area contributed by atoms with E-state index in [-0.39, 0.29) is 12.1 Å². The number of rotatable bonds is 9. The first-order valence-corrected chi connectivity index (χ1v) is 15.4. The molecule has 3 aromatic carbocycles. The summed E-state index contributed by atoms with van der Waals surface area (Å²) in [7, 11) is 1.63. The van der Waals surface area contributed by atoms with Crippen LogP contribution in [0, 0.1) is 11.3 Å². The fraction of sp³-hybridized carbons (Fsp3) is 0.278. The smallest absolute Gasteiger partial charge is 0.410 e. The third-order valence-electron chi connectivity index (χ3n) is 7.54. The molecule has 1 N–H and O–H groups in total. The van der Waals surface area contributed by atoms with E-state index < -0.39 is 5.60 Å². The van der Waals surface area contributed by atoms with Crippen molar-refractivity contribution in [3.63, 3.8) is 0 Å². The number of aromatic nitrogens is 3. The van der Waals surface area contributed by atoms with Gasteiger partial charge >= 0.3 is 6.09 Å². The van der Waals surface area contributed by atoms with E-state index in [1.54, 1.807) is 42.5 Å². The van der Waals surface area contributed by atoms with E-state index in [1.165, 1.54) is 0 Å². The minimum atomic E-state index is -0.578. The van der Waals surface area contributed by atoms with Crippen LogP contribution < -0.4 is 19.5 Å². The van der Waals surface area contributed by atoms with Crippen LogP contribution in [0.25, 0.3) is 11.0 Å². The molecule has 0 spiro atoms. The summed E-state index contributed by atoms with van der Waals surface area (Å²) in [6, 6.07) is 26.2. The van der Waals surface area contributed by atoms with Gasteiger partial charge in [-0.25, -0.2) is 14.5 Å². The van der Waals surface area contributed by atoms with Crippen molar-refractivity contribution < 1.29 is 23.7 Å². The summed E-state index contributed by atoms with van der Waals surface area (Å²) in [5.74, 6) is 3.36. The lowest BCUT2D eigenvalue weighted by molar-refractivity contribution is 0.0293. The fourth-order valence-electron chi connectivity index (χ4n) is 5.33. The quantitative estimate of drug-likeness (QED) is 0.177. The zero-order valence-corrected chi connectivity index (χ0v) is 26.8. The number of benzene rings is 3. The van der Waals surface area contributed by atoms with Crippen LogP contribution in [-0.2, 0) is 11.3 Å². The minimum Gasteiger partial charge on any atom is -0.497 e. The van der Waals surface area contributed by atoms with E-state index in [4.69, 9.17) is 24.0 Å². The molecular formula is C36H36N6O5. The summed E-state index contributed by atoms with van der Waals surface area (Å²) < 4.78 is 25.1. The van der Waals surface area contributed by atoms with Gasteiger partial charge in [0.2, 0.25) is 0 Å². The molecule has 0 radical (unpaired) electrons. The minimum absolute atomic E-state index is 0.0767. The van der Waals surface area contributed by atoms with Crippen molar-refractivity contribution in [2.75, 3.05) is 25.5 Å². The number of amides is 1. The van der Waals surface area contributed by atoms with Crippen molar-refractivity contribution >= 4 is 22.9 Å². The van der Waals surface area contributed by atoms with Gasteiger partial charge in [-0.15, -0.1) is 0 Å². The Labute approximate surface area is 273 Å². The van der Waals surface area contributed by atoms with Crippen molar-refractivity contribution in [2.45, 2.75) is 45.4 Å². The number of carbonyl (C=O) groups is 1. The van der Waals surface area contributed by atoms with Gasteiger partial charge in [-0.2, -0.15) is 10.4 Å². The van der Waals surface area contributed by atoms with Gasteiger partial charge in [0.1, 0.15) is 45.8 Å². The fourth-order valence-corrected chi connectivity index (χ4v) is 5.33. The van der Waals surface area contributed by atoms with Gasteiger partial charge in [-0.1, -0.05) is 30.3 Å². The highest BCUT2D eigenvalue weighted by atomic mass is 16.6. The summed E-state index contributed by atoms with van der Waals surface area (Å²) in [4.78, 5) is 19.1. The van der Waals surface area contributed by atoms with Crippen molar-refractivity contribution in [1.82, 2.24) is 19.7 Å². The molecule has 1 aliphatic rings. The second-order valence-corrected chi connectivity index (χ2v) is 12.2. The van der Waals surface area contributed by atoms with Crippen molar-refractivity contribution in [3.05, 3.63) is 96.2 Å². The molecule has 11 nitrogen and oxygen atoms in total. The molecule has 1 saturated heterocycles. The van der Waals surface area contributed by atoms with Crippen LogP contribution in [0.15, 0.2) is 85.1 Å². The third kappa shape index (κ3) is 7.39. The summed E-state index contributed by atoms with van der Waals surface area (Å²) in [5, 5.41) is 19.1. The third-order valence-corrected chi connectivity index (χ3v) is 7.54. The lowest BCUT2D eigenvalue weighted by atomic mass is 10.2. The Hall–Kier alpha value is -5.76. The number of hydrogen-bond donors (Lipinski definition) is 1. The number of anilines is 1. The molecule has 6 rings (SSSR count). The number of fused-ring (bicyclic) bond motifs is 1. The highest BCUT2D eigenvalue weighted by molar-refractivity contribution is 5.93. The van der Waals surface area contributed by atoms with Crippen LogP contribution in [-0.4, -0.2) is 57.6 Å². The van der Waals surface area contributed by atoms with Gasteiger partial charge in [0, 0.05) is 37.5 Å². The average molecular weight is 633 g/mol.